The average Bonchev–Trinajstić information content (AvgIpc) is 2.83. The van der Waals surface area contributed by atoms with Gasteiger partial charge in [0, 0.05) is 22.4 Å². The number of pyridine rings is 1. The molecule has 0 N–H and O–H groups in total. The zero-order valence-electron chi connectivity index (χ0n) is 11.4. The Balaban J connectivity index is 2.16. The van der Waals surface area contributed by atoms with Gasteiger partial charge in [0.05, 0.1) is 12.3 Å². The first-order chi connectivity index (χ1) is 9.67. The Morgan fingerprint density at radius 2 is 2.05 bits per heavy atom. The first kappa shape index (κ1) is 13.2. The van der Waals surface area contributed by atoms with E-state index in [1.54, 1.807) is 0 Å². The monoisotopic (exact) mass is 330 g/mol. The number of benzene rings is 1. The molecule has 0 aliphatic rings. The summed E-state index contributed by atoms with van der Waals surface area (Å²) in [5, 5.41) is 0. The predicted octanol–water partition coefficient (Wildman–Crippen LogP) is 4.47. The highest BCUT2D eigenvalue weighted by molar-refractivity contribution is 9.10. The Morgan fingerprint density at radius 3 is 2.85 bits per heavy atom. The molecular weight excluding hydrogens is 316 g/mol. The molecule has 0 saturated heterocycles. The highest BCUT2D eigenvalue weighted by Gasteiger charge is 2.10. The highest BCUT2D eigenvalue weighted by atomic mass is 79.9. The van der Waals surface area contributed by atoms with Crippen LogP contribution in [0.15, 0.2) is 47.2 Å². The molecule has 3 aromatic rings. The van der Waals surface area contributed by atoms with Gasteiger partial charge in [0.2, 0.25) is 0 Å². The summed E-state index contributed by atoms with van der Waals surface area (Å²) < 4.78 is 8.75. The van der Waals surface area contributed by atoms with Crippen LogP contribution in [-0.2, 0) is 0 Å². The van der Waals surface area contributed by atoms with Crippen LogP contribution < -0.4 is 4.74 Å². The zero-order chi connectivity index (χ0) is 14.1. The molecule has 0 amide bonds. The van der Waals surface area contributed by atoms with Gasteiger partial charge in [-0.3, -0.25) is 0 Å². The molecule has 0 spiro atoms. The Bertz CT molecular complexity index is 764. The minimum atomic E-state index is 0.648. The fraction of sp³-hybridized carbons (Fsp3) is 0.188. The maximum absolute atomic E-state index is 5.71. The Morgan fingerprint density at radius 1 is 1.20 bits per heavy atom. The molecule has 4 heteroatoms. The van der Waals surface area contributed by atoms with Crippen molar-refractivity contribution in [2.45, 2.75) is 13.8 Å². The van der Waals surface area contributed by atoms with E-state index in [4.69, 9.17) is 4.74 Å². The fourth-order valence-corrected chi connectivity index (χ4v) is 2.57. The van der Waals surface area contributed by atoms with E-state index in [1.807, 2.05) is 41.9 Å². The minimum Gasteiger partial charge on any atom is -0.493 e. The zero-order valence-corrected chi connectivity index (χ0v) is 13.0. The van der Waals surface area contributed by atoms with E-state index in [0.29, 0.717) is 6.61 Å². The first-order valence-electron chi connectivity index (χ1n) is 6.55. The summed E-state index contributed by atoms with van der Waals surface area (Å²) in [7, 11) is 0. The summed E-state index contributed by atoms with van der Waals surface area (Å²) in [6, 6.07) is 10.2. The quantitative estimate of drug-likeness (QED) is 0.708. The van der Waals surface area contributed by atoms with Crippen LogP contribution in [0.2, 0.25) is 0 Å². The van der Waals surface area contributed by atoms with Gasteiger partial charge < -0.3 is 9.14 Å². The van der Waals surface area contributed by atoms with E-state index < -0.39 is 0 Å². The van der Waals surface area contributed by atoms with Crippen LogP contribution in [0.1, 0.15) is 12.5 Å². The van der Waals surface area contributed by atoms with E-state index >= 15 is 0 Å². The van der Waals surface area contributed by atoms with Crippen molar-refractivity contribution in [3.05, 3.63) is 52.8 Å². The predicted molar refractivity (Wildman–Crippen MR) is 84.2 cm³/mol. The molecule has 2 heterocycles. The van der Waals surface area contributed by atoms with Crippen LogP contribution in [0.25, 0.3) is 16.9 Å². The van der Waals surface area contributed by atoms with Crippen molar-refractivity contribution in [2.75, 3.05) is 6.61 Å². The summed E-state index contributed by atoms with van der Waals surface area (Å²) in [6.45, 7) is 4.71. The summed E-state index contributed by atoms with van der Waals surface area (Å²) in [5.74, 6) is 0.876. The molecule has 20 heavy (non-hydrogen) atoms. The van der Waals surface area contributed by atoms with Gasteiger partial charge in [-0.2, -0.15) is 0 Å². The number of rotatable bonds is 3. The molecule has 0 unspecified atom stereocenters. The van der Waals surface area contributed by atoms with E-state index in [-0.39, 0.29) is 0 Å². The van der Waals surface area contributed by atoms with Crippen LogP contribution >= 0.6 is 15.9 Å². The molecule has 0 atom stereocenters. The van der Waals surface area contributed by atoms with Gasteiger partial charge in [-0.05, 0) is 54.0 Å². The van der Waals surface area contributed by atoms with Gasteiger partial charge in [0.1, 0.15) is 11.4 Å². The van der Waals surface area contributed by atoms with Crippen LogP contribution in [0.4, 0.5) is 0 Å². The van der Waals surface area contributed by atoms with Crippen molar-refractivity contribution in [1.82, 2.24) is 9.38 Å². The fourth-order valence-electron chi connectivity index (χ4n) is 2.22. The SMILES string of the molecule is CCOc1ccc(C)cc1-c1cn2cc(Br)ccc2n1. The lowest BCUT2D eigenvalue weighted by molar-refractivity contribution is 0.341. The Kier molecular flexibility index (Phi) is 3.49. The number of aryl methyl sites for hydroxylation is 1. The van der Waals surface area contributed by atoms with Crippen molar-refractivity contribution in [2.24, 2.45) is 0 Å². The van der Waals surface area contributed by atoms with Crippen molar-refractivity contribution in [3.63, 3.8) is 0 Å². The van der Waals surface area contributed by atoms with Gasteiger partial charge in [-0.25, -0.2) is 4.98 Å². The summed E-state index contributed by atoms with van der Waals surface area (Å²) in [6.07, 6.45) is 4.03. The third kappa shape index (κ3) is 2.43. The number of ether oxygens (including phenoxy) is 1. The van der Waals surface area contributed by atoms with E-state index in [1.165, 1.54) is 5.56 Å². The lowest BCUT2D eigenvalue weighted by atomic mass is 10.1. The maximum atomic E-state index is 5.71. The average molecular weight is 331 g/mol. The highest BCUT2D eigenvalue weighted by Crippen LogP contribution is 2.31. The molecule has 0 aliphatic heterocycles. The number of halogens is 1. The number of nitrogens with zero attached hydrogens (tertiary/aromatic N) is 2. The molecule has 0 aliphatic carbocycles. The van der Waals surface area contributed by atoms with Crippen molar-refractivity contribution < 1.29 is 4.74 Å². The lowest BCUT2D eigenvalue weighted by Gasteiger charge is -2.08. The van der Waals surface area contributed by atoms with Crippen molar-refractivity contribution >= 4 is 21.6 Å². The van der Waals surface area contributed by atoms with Gasteiger partial charge in [0.25, 0.3) is 0 Å². The second kappa shape index (κ2) is 5.29. The summed E-state index contributed by atoms with van der Waals surface area (Å²) in [4.78, 5) is 4.67. The molecule has 102 valence electrons. The van der Waals surface area contributed by atoms with Crippen LogP contribution in [-0.4, -0.2) is 16.0 Å². The second-order valence-electron chi connectivity index (χ2n) is 4.67. The Hall–Kier alpha value is -1.81. The number of hydrogen-bond acceptors (Lipinski definition) is 2. The van der Waals surface area contributed by atoms with Crippen LogP contribution in [0, 0.1) is 6.92 Å². The topological polar surface area (TPSA) is 26.5 Å². The molecule has 0 bridgehead atoms. The molecule has 0 radical (unpaired) electrons. The third-order valence-corrected chi connectivity index (χ3v) is 3.59. The molecule has 2 aromatic heterocycles. The molecule has 0 saturated carbocycles. The normalized spacial score (nSPS) is 10.9. The van der Waals surface area contributed by atoms with Crippen LogP contribution in [0.5, 0.6) is 5.75 Å². The number of imidazole rings is 1. The van der Waals surface area contributed by atoms with Gasteiger partial charge >= 0.3 is 0 Å². The molecule has 0 fully saturated rings. The number of fused-ring (bicyclic) bond motifs is 1. The molecule has 3 nitrogen and oxygen atoms in total. The van der Waals surface area contributed by atoms with Gasteiger partial charge in [0.15, 0.2) is 0 Å². The number of hydrogen-bond donors (Lipinski definition) is 0. The van der Waals surface area contributed by atoms with E-state index in [9.17, 15) is 0 Å². The minimum absolute atomic E-state index is 0.648. The maximum Gasteiger partial charge on any atom is 0.137 e. The molecule has 3 rings (SSSR count). The van der Waals surface area contributed by atoms with Crippen LogP contribution in [0.3, 0.4) is 0 Å². The van der Waals surface area contributed by atoms with Gasteiger partial charge in [-0.15, -0.1) is 0 Å². The molecular formula is C16H15BrN2O. The Labute approximate surface area is 126 Å². The van der Waals surface area contributed by atoms with Crippen molar-refractivity contribution in [3.8, 4) is 17.0 Å². The first-order valence-corrected chi connectivity index (χ1v) is 7.35. The van der Waals surface area contributed by atoms with Gasteiger partial charge in [-0.1, -0.05) is 11.6 Å². The number of aromatic nitrogens is 2. The van der Waals surface area contributed by atoms with E-state index in [0.717, 1.165) is 27.1 Å². The van der Waals surface area contributed by atoms with Crippen molar-refractivity contribution in [1.29, 1.82) is 0 Å². The smallest absolute Gasteiger partial charge is 0.137 e. The summed E-state index contributed by atoms with van der Waals surface area (Å²) >= 11 is 3.48. The standard InChI is InChI=1S/C16H15BrN2O/c1-3-20-15-6-4-11(2)8-13(15)14-10-19-9-12(17)5-7-16(19)18-14/h4-10H,3H2,1-2H3. The summed E-state index contributed by atoms with van der Waals surface area (Å²) in [5.41, 5.74) is 4.08. The third-order valence-electron chi connectivity index (χ3n) is 3.13. The largest absolute Gasteiger partial charge is 0.493 e. The molecule has 1 aromatic carbocycles. The van der Waals surface area contributed by atoms with E-state index in [2.05, 4.69) is 40.0 Å². The second-order valence-corrected chi connectivity index (χ2v) is 5.59. The lowest BCUT2D eigenvalue weighted by Crippen LogP contribution is -1.94.